The number of nitrogens with one attached hydrogen (secondary N) is 1. The lowest BCUT2D eigenvalue weighted by Crippen LogP contribution is -2.49. The van der Waals surface area contributed by atoms with Gasteiger partial charge in [0, 0.05) is 43.5 Å². The molecule has 1 aliphatic heterocycles. The zero-order chi connectivity index (χ0) is 14.7. The summed E-state index contributed by atoms with van der Waals surface area (Å²) in [4.78, 5) is 4.87. The van der Waals surface area contributed by atoms with Crippen molar-refractivity contribution in [1.82, 2.24) is 4.90 Å². The van der Waals surface area contributed by atoms with Crippen LogP contribution in [-0.2, 0) is 0 Å². The summed E-state index contributed by atoms with van der Waals surface area (Å²) >= 11 is 6.19. The smallest absolute Gasteiger partial charge is 0.124 e. The number of amidine groups is 1. The quantitative estimate of drug-likeness (QED) is 0.663. The summed E-state index contributed by atoms with van der Waals surface area (Å²) in [5.41, 5.74) is 7.21. The van der Waals surface area contributed by atoms with Crippen molar-refractivity contribution < 1.29 is 0 Å². The number of nitrogens with two attached hydrogens (primary N) is 1. The molecule has 0 aromatic heterocycles. The maximum absolute atomic E-state index is 7.46. The maximum atomic E-state index is 7.46. The molecular formula is C15H23ClN4. The van der Waals surface area contributed by atoms with Crippen molar-refractivity contribution in [3.05, 3.63) is 28.8 Å². The first kappa shape index (κ1) is 15.1. The van der Waals surface area contributed by atoms with Crippen LogP contribution in [0.2, 0.25) is 5.02 Å². The summed E-state index contributed by atoms with van der Waals surface area (Å²) in [6.45, 7) is 8.72. The second-order valence-electron chi connectivity index (χ2n) is 5.36. The average Bonchev–Trinajstić information content (AvgIpc) is 2.46. The molecule has 1 heterocycles. The third kappa shape index (κ3) is 3.25. The van der Waals surface area contributed by atoms with E-state index in [0.29, 0.717) is 16.6 Å². The fraction of sp³-hybridized carbons (Fsp3) is 0.533. The molecule has 0 aliphatic carbocycles. The summed E-state index contributed by atoms with van der Waals surface area (Å²) in [5.74, 6) is 0.0168. The van der Waals surface area contributed by atoms with Crippen LogP contribution in [0.25, 0.3) is 0 Å². The predicted molar refractivity (Wildman–Crippen MR) is 86.0 cm³/mol. The highest BCUT2D eigenvalue weighted by Gasteiger charge is 2.20. The van der Waals surface area contributed by atoms with Crippen molar-refractivity contribution in [3.8, 4) is 0 Å². The minimum atomic E-state index is 0.0168. The Morgan fingerprint density at radius 3 is 2.50 bits per heavy atom. The Bertz CT molecular complexity index is 481. The van der Waals surface area contributed by atoms with E-state index in [-0.39, 0.29) is 5.84 Å². The molecule has 20 heavy (non-hydrogen) atoms. The summed E-state index contributed by atoms with van der Waals surface area (Å²) in [6, 6.07) is 6.40. The van der Waals surface area contributed by atoms with Crippen LogP contribution in [-0.4, -0.2) is 43.0 Å². The van der Waals surface area contributed by atoms with Gasteiger partial charge in [-0.25, -0.2) is 0 Å². The van der Waals surface area contributed by atoms with Gasteiger partial charge in [0.15, 0.2) is 0 Å². The molecule has 0 spiro atoms. The third-order valence-corrected chi connectivity index (χ3v) is 4.45. The van der Waals surface area contributed by atoms with Crippen molar-refractivity contribution in [2.45, 2.75) is 26.3 Å². The van der Waals surface area contributed by atoms with E-state index >= 15 is 0 Å². The lowest BCUT2D eigenvalue weighted by Gasteiger charge is -2.39. The molecule has 4 nitrogen and oxygen atoms in total. The molecule has 0 bridgehead atoms. The summed E-state index contributed by atoms with van der Waals surface area (Å²) in [5, 5.41) is 8.01. The van der Waals surface area contributed by atoms with Crippen LogP contribution in [0.4, 0.5) is 5.69 Å². The first-order valence-electron chi connectivity index (χ1n) is 7.16. The molecule has 1 fully saturated rings. The van der Waals surface area contributed by atoms with Gasteiger partial charge in [-0.05, 0) is 31.5 Å². The van der Waals surface area contributed by atoms with Crippen LogP contribution in [0.1, 0.15) is 25.8 Å². The Labute approximate surface area is 126 Å². The Morgan fingerprint density at radius 2 is 2.00 bits per heavy atom. The molecule has 0 saturated carbocycles. The van der Waals surface area contributed by atoms with E-state index in [1.807, 2.05) is 18.2 Å². The van der Waals surface area contributed by atoms with E-state index in [1.54, 1.807) is 0 Å². The van der Waals surface area contributed by atoms with Gasteiger partial charge in [0.1, 0.15) is 5.84 Å². The fourth-order valence-corrected chi connectivity index (χ4v) is 2.87. The molecule has 110 valence electrons. The first-order valence-corrected chi connectivity index (χ1v) is 7.53. The summed E-state index contributed by atoms with van der Waals surface area (Å²) < 4.78 is 0. The Morgan fingerprint density at radius 1 is 1.35 bits per heavy atom. The Hall–Kier alpha value is -1.26. The lowest BCUT2D eigenvalue weighted by atomic mass is 10.1. The average molecular weight is 295 g/mol. The van der Waals surface area contributed by atoms with Gasteiger partial charge >= 0.3 is 0 Å². The van der Waals surface area contributed by atoms with Crippen LogP contribution < -0.4 is 10.6 Å². The van der Waals surface area contributed by atoms with E-state index in [2.05, 4.69) is 23.6 Å². The standard InChI is InChI=1S/C15H23ClN4/c1-3-11(2)19-6-8-20(9-7-19)12-4-5-13(15(17)18)14(16)10-12/h4-5,10-11H,3,6-9H2,1-2H3,(H3,17,18). The molecular weight excluding hydrogens is 272 g/mol. The number of anilines is 1. The van der Waals surface area contributed by atoms with Crippen LogP contribution in [0.15, 0.2) is 18.2 Å². The van der Waals surface area contributed by atoms with Crippen LogP contribution in [0, 0.1) is 5.41 Å². The molecule has 1 aliphatic rings. The Balaban J connectivity index is 2.04. The zero-order valence-electron chi connectivity index (χ0n) is 12.2. The number of halogens is 1. The molecule has 0 radical (unpaired) electrons. The molecule has 0 amide bonds. The number of nitrogen functional groups attached to an aromatic ring is 1. The SMILES string of the molecule is CCC(C)N1CCN(c2ccc(C(=N)N)c(Cl)c2)CC1. The Kier molecular flexibility index (Phi) is 4.89. The fourth-order valence-electron chi connectivity index (χ4n) is 2.60. The molecule has 1 unspecified atom stereocenters. The second-order valence-corrected chi connectivity index (χ2v) is 5.77. The molecule has 1 atom stereocenters. The number of rotatable bonds is 4. The maximum Gasteiger partial charge on any atom is 0.124 e. The van der Waals surface area contributed by atoms with E-state index in [4.69, 9.17) is 22.7 Å². The van der Waals surface area contributed by atoms with E-state index in [9.17, 15) is 0 Å². The van der Waals surface area contributed by atoms with E-state index < -0.39 is 0 Å². The zero-order valence-corrected chi connectivity index (χ0v) is 13.0. The minimum absolute atomic E-state index is 0.0168. The molecule has 3 N–H and O–H groups in total. The molecule has 1 aromatic rings. The summed E-state index contributed by atoms with van der Waals surface area (Å²) in [6.07, 6.45) is 1.19. The van der Waals surface area contributed by atoms with Gasteiger partial charge in [0.2, 0.25) is 0 Å². The number of hydrogen-bond donors (Lipinski definition) is 2. The minimum Gasteiger partial charge on any atom is -0.384 e. The largest absolute Gasteiger partial charge is 0.384 e. The van der Waals surface area contributed by atoms with Gasteiger partial charge in [-0.1, -0.05) is 18.5 Å². The highest BCUT2D eigenvalue weighted by Crippen LogP contribution is 2.24. The number of piperazine rings is 1. The first-order chi connectivity index (χ1) is 9.52. The normalized spacial score (nSPS) is 18.1. The molecule has 5 heteroatoms. The van der Waals surface area contributed by atoms with Crippen molar-refractivity contribution in [1.29, 1.82) is 5.41 Å². The van der Waals surface area contributed by atoms with Gasteiger partial charge < -0.3 is 10.6 Å². The van der Waals surface area contributed by atoms with Gasteiger partial charge in [-0.3, -0.25) is 10.3 Å². The van der Waals surface area contributed by atoms with E-state index in [0.717, 1.165) is 31.9 Å². The van der Waals surface area contributed by atoms with Crippen molar-refractivity contribution in [2.24, 2.45) is 5.73 Å². The van der Waals surface area contributed by atoms with E-state index in [1.165, 1.54) is 6.42 Å². The van der Waals surface area contributed by atoms with Crippen molar-refractivity contribution in [3.63, 3.8) is 0 Å². The number of hydrogen-bond acceptors (Lipinski definition) is 3. The molecule has 2 rings (SSSR count). The van der Waals surface area contributed by atoms with Gasteiger partial charge in [-0.15, -0.1) is 0 Å². The van der Waals surface area contributed by atoms with Gasteiger partial charge in [0.25, 0.3) is 0 Å². The summed E-state index contributed by atoms with van der Waals surface area (Å²) in [7, 11) is 0. The van der Waals surface area contributed by atoms with Crippen LogP contribution >= 0.6 is 11.6 Å². The van der Waals surface area contributed by atoms with Gasteiger partial charge in [0.05, 0.1) is 5.02 Å². The number of nitrogens with zero attached hydrogens (tertiary/aromatic N) is 2. The molecule has 1 saturated heterocycles. The van der Waals surface area contributed by atoms with Crippen LogP contribution in [0.3, 0.4) is 0 Å². The second kappa shape index (κ2) is 6.46. The van der Waals surface area contributed by atoms with Crippen LogP contribution in [0.5, 0.6) is 0 Å². The lowest BCUT2D eigenvalue weighted by molar-refractivity contribution is 0.193. The van der Waals surface area contributed by atoms with Crippen molar-refractivity contribution >= 4 is 23.1 Å². The third-order valence-electron chi connectivity index (χ3n) is 4.14. The highest BCUT2D eigenvalue weighted by molar-refractivity contribution is 6.34. The topological polar surface area (TPSA) is 56.4 Å². The van der Waals surface area contributed by atoms with Crippen molar-refractivity contribution in [2.75, 3.05) is 31.1 Å². The number of benzene rings is 1. The monoisotopic (exact) mass is 294 g/mol. The van der Waals surface area contributed by atoms with Gasteiger partial charge in [-0.2, -0.15) is 0 Å². The predicted octanol–water partition coefficient (Wildman–Crippen LogP) is 2.54. The highest BCUT2D eigenvalue weighted by atomic mass is 35.5. The molecule has 1 aromatic carbocycles.